The van der Waals surface area contributed by atoms with Crippen LogP contribution in [0.3, 0.4) is 0 Å². The molecule has 1 saturated carbocycles. The first-order valence-electron chi connectivity index (χ1n) is 11.7. The molecule has 1 spiro atoms. The molecule has 3 aromatic rings. The number of nitrogens with zero attached hydrogens (tertiary/aromatic N) is 3. The molecule has 0 amide bonds. The number of aromatic nitrogens is 2. The van der Waals surface area contributed by atoms with E-state index in [2.05, 4.69) is 34.8 Å². The van der Waals surface area contributed by atoms with Gasteiger partial charge in [-0.25, -0.2) is 14.4 Å². The maximum Gasteiger partial charge on any atom is 0.188 e. The van der Waals surface area contributed by atoms with Gasteiger partial charge in [-0.15, -0.1) is 0 Å². The Kier molecular flexibility index (Phi) is 5.58. The zero-order valence-corrected chi connectivity index (χ0v) is 18.9. The molecule has 2 aliphatic rings. The van der Waals surface area contributed by atoms with Crippen LogP contribution in [0.5, 0.6) is 11.5 Å². The molecule has 0 radical (unpaired) electrons. The van der Waals surface area contributed by atoms with Gasteiger partial charge in [0.15, 0.2) is 11.6 Å². The van der Waals surface area contributed by atoms with Crippen LogP contribution in [0.15, 0.2) is 55.0 Å². The molecule has 32 heavy (non-hydrogen) atoms. The molecule has 4 nitrogen and oxygen atoms in total. The number of hydrogen-bond donors (Lipinski definition) is 0. The van der Waals surface area contributed by atoms with E-state index in [0.29, 0.717) is 22.8 Å². The Hall–Kier alpha value is -2.95. The first kappa shape index (κ1) is 20.9. The van der Waals surface area contributed by atoms with Gasteiger partial charge in [0.2, 0.25) is 0 Å². The quantitative estimate of drug-likeness (QED) is 0.437. The largest absolute Gasteiger partial charge is 0.451 e. The van der Waals surface area contributed by atoms with E-state index < -0.39 is 0 Å². The molecule has 0 bridgehead atoms. The van der Waals surface area contributed by atoms with Gasteiger partial charge in [-0.2, -0.15) is 0 Å². The van der Waals surface area contributed by atoms with Crippen molar-refractivity contribution >= 4 is 5.82 Å². The minimum atomic E-state index is -0.279. The molecule has 2 fully saturated rings. The maximum absolute atomic E-state index is 14.3. The Bertz CT molecular complexity index is 1110. The Morgan fingerprint density at radius 1 is 1.00 bits per heavy atom. The Morgan fingerprint density at radius 2 is 1.81 bits per heavy atom. The lowest BCUT2D eigenvalue weighted by molar-refractivity contribution is 0.340. The minimum absolute atomic E-state index is 0.279. The van der Waals surface area contributed by atoms with Gasteiger partial charge in [0.05, 0.1) is 6.20 Å². The predicted molar refractivity (Wildman–Crippen MR) is 126 cm³/mol. The molecule has 5 rings (SSSR count). The standard InChI is InChI=1S/C27H30FN3O/c1-19(2)21-7-3-4-8-22(21)23-15-20(28)9-10-24(23)32-25-16-29-18-30-26(25)31-14-13-27(17-31)11-5-6-12-27/h3-4,7-10,15-16,18-19H,5-6,11-14,17H2,1-2H3. The second-order valence-corrected chi connectivity index (χ2v) is 9.57. The van der Waals surface area contributed by atoms with Crippen LogP contribution < -0.4 is 9.64 Å². The summed E-state index contributed by atoms with van der Waals surface area (Å²) >= 11 is 0. The van der Waals surface area contributed by atoms with Gasteiger partial charge < -0.3 is 9.64 Å². The zero-order chi connectivity index (χ0) is 22.1. The fraction of sp³-hybridized carbons (Fsp3) is 0.407. The van der Waals surface area contributed by atoms with E-state index in [0.717, 1.165) is 35.6 Å². The second kappa shape index (κ2) is 8.53. The van der Waals surface area contributed by atoms with Gasteiger partial charge in [0.1, 0.15) is 17.9 Å². The van der Waals surface area contributed by atoms with Crippen LogP contribution >= 0.6 is 0 Å². The lowest BCUT2D eigenvalue weighted by Gasteiger charge is -2.25. The highest BCUT2D eigenvalue weighted by atomic mass is 19.1. The number of hydrogen-bond acceptors (Lipinski definition) is 4. The molecular weight excluding hydrogens is 401 g/mol. The number of rotatable bonds is 5. The third kappa shape index (κ3) is 3.96. The van der Waals surface area contributed by atoms with Gasteiger partial charge >= 0.3 is 0 Å². The molecule has 5 heteroatoms. The topological polar surface area (TPSA) is 38.3 Å². The van der Waals surface area contributed by atoms with E-state index in [9.17, 15) is 4.39 Å². The van der Waals surface area contributed by atoms with Crippen molar-refractivity contribution in [2.24, 2.45) is 5.41 Å². The summed E-state index contributed by atoms with van der Waals surface area (Å²) in [4.78, 5) is 11.2. The lowest BCUT2D eigenvalue weighted by atomic mass is 9.86. The average molecular weight is 432 g/mol. The fourth-order valence-electron chi connectivity index (χ4n) is 5.43. The third-order valence-corrected chi connectivity index (χ3v) is 7.10. The molecule has 1 aromatic heterocycles. The summed E-state index contributed by atoms with van der Waals surface area (Å²) in [5, 5.41) is 0. The van der Waals surface area contributed by atoms with Gasteiger partial charge in [-0.3, -0.25) is 0 Å². The summed E-state index contributed by atoms with van der Waals surface area (Å²) in [6.45, 7) is 6.30. The molecule has 166 valence electrons. The highest BCUT2D eigenvalue weighted by Crippen LogP contribution is 2.47. The second-order valence-electron chi connectivity index (χ2n) is 9.57. The molecule has 0 N–H and O–H groups in total. The number of halogens is 1. The predicted octanol–water partition coefficient (Wildman–Crippen LogP) is 6.97. The molecule has 1 aliphatic heterocycles. The highest BCUT2D eigenvalue weighted by molar-refractivity contribution is 5.74. The van der Waals surface area contributed by atoms with Crippen molar-refractivity contribution in [3.8, 4) is 22.6 Å². The Labute approximate surface area is 189 Å². The number of anilines is 1. The highest BCUT2D eigenvalue weighted by Gasteiger charge is 2.41. The summed E-state index contributed by atoms with van der Waals surface area (Å²) < 4.78 is 20.7. The first-order chi connectivity index (χ1) is 15.5. The van der Waals surface area contributed by atoms with Crippen molar-refractivity contribution in [1.29, 1.82) is 0 Å². The van der Waals surface area contributed by atoms with E-state index in [-0.39, 0.29) is 5.82 Å². The monoisotopic (exact) mass is 431 g/mol. The van der Waals surface area contributed by atoms with Crippen LogP contribution in [-0.2, 0) is 0 Å². The molecule has 0 unspecified atom stereocenters. The van der Waals surface area contributed by atoms with Crippen LogP contribution in [0.4, 0.5) is 10.2 Å². The van der Waals surface area contributed by atoms with Crippen molar-refractivity contribution < 1.29 is 9.13 Å². The number of ether oxygens (including phenoxy) is 1. The number of benzene rings is 2. The Morgan fingerprint density at radius 3 is 2.62 bits per heavy atom. The fourth-order valence-corrected chi connectivity index (χ4v) is 5.43. The van der Waals surface area contributed by atoms with Crippen molar-refractivity contribution in [2.45, 2.75) is 51.9 Å². The van der Waals surface area contributed by atoms with Crippen molar-refractivity contribution in [2.75, 3.05) is 18.0 Å². The van der Waals surface area contributed by atoms with Crippen molar-refractivity contribution in [3.05, 3.63) is 66.4 Å². The van der Waals surface area contributed by atoms with Gasteiger partial charge in [-0.05, 0) is 59.9 Å². The van der Waals surface area contributed by atoms with Gasteiger partial charge in [0.25, 0.3) is 0 Å². The van der Waals surface area contributed by atoms with E-state index in [1.54, 1.807) is 24.7 Å². The van der Waals surface area contributed by atoms with E-state index in [1.165, 1.54) is 38.2 Å². The smallest absolute Gasteiger partial charge is 0.188 e. The Balaban J connectivity index is 1.50. The molecule has 1 saturated heterocycles. The van der Waals surface area contributed by atoms with E-state index >= 15 is 0 Å². The van der Waals surface area contributed by atoms with E-state index in [1.807, 2.05) is 18.2 Å². The molecule has 1 aliphatic carbocycles. The SMILES string of the molecule is CC(C)c1ccccc1-c1cc(F)ccc1Oc1cncnc1N1CCC2(CCCC2)C1. The summed E-state index contributed by atoms with van der Waals surface area (Å²) in [7, 11) is 0. The molecule has 2 heterocycles. The molecule has 0 atom stereocenters. The van der Waals surface area contributed by atoms with E-state index in [4.69, 9.17) is 4.74 Å². The summed E-state index contributed by atoms with van der Waals surface area (Å²) in [6, 6.07) is 12.8. The minimum Gasteiger partial charge on any atom is -0.451 e. The van der Waals surface area contributed by atoms with Crippen LogP contribution in [0, 0.1) is 11.2 Å². The van der Waals surface area contributed by atoms with Gasteiger partial charge in [-0.1, -0.05) is 51.0 Å². The average Bonchev–Trinajstić information content (AvgIpc) is 3.45. The van der Waals surface area contributed by atoms with Crippen LogP contribution in [0.25, 0.3) is 11.1 Å². The third-order valence-electron chi connectivity index (χ3n) is 7.10. The maximum atomic E-state index is 14.3. The normalized spacial score (nSPS) is 17.4. The summed E-state index contributed by atoms with van der Waals surface area (Å²) in [5.74, 6) is 2.10. The first-order valence-corrected chi connectivity index (χ1v) is 11.7. The van der Waals surface area contributed by atoms with Crippen molar-refractivity contribution in [1.82, 2.24) is 9.97 Å². The van der Waals surface area contributed by atoms with Crippen molar-refractivity contribution in [3.63, 3.8) is 0 Å². The molecule has 2 aromatic carbocycles. The van der Waals surface area contributed by atoms with Crippen LogP contribution in [0.2, 0.25) is 0 Å². The summed E-state index contributed by atoms with van der Waals surface area (Å²) in [5.41, 5.74) is 3.33. The van der Waals surface area contributed by atoms with Crippen LogP contribution in [0.1, 0.15) is 57.4 Å². The molecular formula is C27H30FN3O. The van der Waals surface area contributed by atoms with Gasteiger partial charge in [0, 0.05) is 18.7 Å². The summed E-state index contributed by atoms with van der Waals surface area (Å²) in [6.07, 6.45) is 9.78. The van der Waals surface area contributed by atoms with Crippen LogP contribution in [-0.4, -0.2) is 23.1 Å². The zero-order valence-electron chi connectivity index (χ0n) is 18.9. The lowest BCUT2D eigenvalue weighted by Crippen LogP contribution is -2.25.